The fourth-order valence-electron chi connectivity index (χ4n) is 0. The largest absolute Gasteiger partial charge is 0.0322 e. The van der Waals surface area contributed by atoms with Gasteiger partial charge >= 0.3 is 0 Å². The van der Waals surface area contributed by atoms with E-state index in [1.807, 2.05) is 0 Å². The van der Waals surface area contributed by atoms with Crippen LogP contribution in [0.4, 0.5) is 0 Å². The first-order chi connectivity index (χ1) is 2.27. The third kappa shape index (κ3) is 4.32. The van der Waals surface area contributed by atoms with Gasteiger partial charge in [-0.25, -0.2) is 0 Å². The molecule has 0 saturated heterocycles. The van der Waals surface area contributed by atoms with Gasteiger partial charge in [-0.15, -0.1) is 0 Å². The van der Waals surface area contributed by atoms with Crippen LogP contribution in [0.3, 0.4) is 0 Å². The van der Waals surface area contributed by atoms with Crippen molar-refractivity contribution in [3.63, 3.8) is 0 Å². The van der Waals surface area contributed by atoms with Crippen molar-refractivity contribution in [1.82, 2.24) is 0 Å². The van der Waals surface area contributed by atoms with Gasteiger partial charge in [-0.05, 0) is 0 Å². The van der Waals surface area contributed by atoms with Crippen molar-refractivity contribution in [3.8, 4) is 0 Å². The van der Waals surface area contributed by atoms with E-state index in [0.717, 1.165) is 0 Å². The zero-order valence-electron chi connectivity index (χ0n) is 3.15. The average Bonchev–Trinajstić information content (AvgIpc) is 1.38. The maximum absolute atomic E-state index is 5.06. The molecule has 0 atom stereocenters. The molecule has 5 heavy (non-hydrogen) atoms. The second kappa shape index (κ2) is 2.56. The van der Waals surface area contributed by atoms with Crippen LogP contribution in [0.5, 0.6) is 0 Å². The minimum absolute atomic E-state index is 0.102. The molecule has 0 saturated carbocycles. The molecule has 0 N–H and O–H groups in total. The van der Waals surface area contributed by atoms with E-state index in [9.17, 15) is 0 Å². The predicted octanol–water partition coefficient (Wildman–Crippen LogP) is -2.44. The molecule has 0 rings (SSSR count). The zero-order valence-corrected chi connectivity index (χ0v) is 3.15. The SMILES string of the molecule is [B]B([BH])[B][BH]. The van der Waals surface area contributed by atoms with Gasteiger partial charge in [-0.1, -0.05) is 0 Å². The third-order valence-electron chi connectivity index (χ3n) is 0.303. The number of hydrogen-bond acceptors (Lipinski definition) is 0. The standard InChI is InChI=1S/B5H2/c1-4-5(2)3/h1-2H. The highest BCUT2D eigenvalue weighted by atomic mass is 12.7. The smallest absolute Gasteiger partial charge is 0.000447 e. The van der Waals surface area contributed by atoms with Crippen LogP contribution in [-0.2, 0) is 0 Å². The molecule has 0 fully saturated rings. The summed E-state index contributed by atoms with van der Waals surface area (Å²) in [7, 11) is 13.4. The summed E-state index contributed by atoms with van der Waals surface area (Å²) in [6, 6.07) is 0. The Balaban J connectivity index is 2.54. The molecule has 5 heteroatoms. The van der Waals surface area contributed by atoms with E-state index in [1.165, 1.54) is 0 Å². The van der Waals surface area contributed by atoms with Crippen LogP contribution in [0.2, 0.25) is 0 Å². The lowest BCUT2D eigenvalue weighted by Crippen LogP contribution is -2.23. The van der Waals surface area contributed by atoms with E-state index in [0.29, 0.717) is 0 Å². The summed E-state index contributed by atoms with van der Waals surface area (Å²) in [4.78, 5) is 0. The summed E-state index contributed by atoms with van der Waals surface area (Å²) in [5.74, 6) is 0. The Morgan fingerprint density at radius 1 is 1.80 bits per heavy atom. The normalized spacial score (nSPS) is 6.40. The van der Waals surface area contributed by atoms with Gasteiger partial charge in [-0.2, -0.15) is 0 Å². The Kier molecular flexibility index (Phi) is 2.72. The van der Waals surface area contributed by atoms with Crippen molar-refractivity contribution in [3.05, 3.63) is 0 Å². The summed E-state index contributed by atoms with van der Waals surface area (Å²) >= 11 is 0. The molecule has 0 aliphatic rings. The fraction of sp³-hybridized carbons (Fsp3) is 0. The maximum Gasteiger partial charge on any atom is 0.0322 e. The summed E-state index contributed by atoms with van der Waals surface area (Å²) in [6.45, 7) is 0. The molecule has 0 aromatic heterocycles. The zero-order chi connectivity index (χ0) is 4.28. The molecule has 0 amide bonds. The molecule has 0 bridgehead atoms. The highest BCUT2D eigenvalue weighted by Gasteiger charge is 1.86. The van der Waals surface area contributed by atoms with Gasteiger partial charge in [0, 0.05) is 36.7 Å². The Hall–Kier alpha value is 0.325. The monoisotopic (exact) mass is 57.1 g/mol. The first kappa shape index (κ1) is 5.32. The first-order valence-corrected chi connectivity index (χ1v) is 1.48. The van der Waals surface area contributed by atoms with Crippen LogP contribution < -0.4 is 0 Å². The minimum Gasteiger partial charge on any atom is 0.000447 e. The predicted molar refractivity (Wildman–Crippen MR) is 31.6 cm³/mol. The van der Waals surface area contributed by atoms with Crippen molar-refractivity contribution < 1.29 is 0 Å². The first-order valence-electron chi connectivity index (χ1n) is 1.48. The van der Waals surface area contributed by atoms with Gasteiger partial charge < -0.3 is 0 Å². The molecule has 0 nitrogen and oxygen atoms in total. The van der Waals surface area contributed by atoms with Crippen LogP contribution in [0.1, 0.15) is 0 Å². The van der Waals surface area contributed by atoms with Crippen molar-refractivity contribution in [2.45, 2.75) is 0 Å². The highest BCUT2D eigenvalue weighted by Crippen LogP contribution is 1.47. The lowest BCUT2D eigenvalue weighted by molar-refractivity contribution is 3.91. The summed E-state index contributed by atoms with van der Waals surface area (Å²) in [5.41, 5.74) is 0. The summed E-state index contributed by atoms with van der Waals surface area (Å²) in [5, 5.41) is 0. The van der Waals surface area contributed by atoms with E-state index in [2.05, 4.69) is 15.5 Å². The lowest BCUT2D eigenvalue weighted by atomic mass is 8.97. The molecule has 0 aliphatic heterocycles. The molecule has 5 radical (unpaired) electrons. The van der Waals surface area contributed by atoms with Gasteiger partial charge in [0.05, 0.1) is 0 Å². The Bertz CT molecular complexity index is 14.0. The van der Waals surface area contributed by atoms with Crippen LogP contribution >= 0.6 is 0 Å². The topological polar surface area (TPSA) is 0 Å². The molecular weight excluding hydrogens is 54.1 g/mol. The summed E-state index contributed by atoms with van der Waals surface area (Å²) < 4.78 is 0. The molecule has 0 aromatic rings. The molecule has 0 spiro atoms. The molecule has 0 aromatic carbocycles. The lowest BCUT2D eigenvalue weighted by Gasteiger charge is -1.84. The second-order valence-electron chi connectivity index (χ2n) is 0.900. The van der Waals surface area contributed by atoms with Crippen LogP contribution in [-0.4, -0.2) is 36.7 Å². The van der Waals surface area contributed by atoms with Crippen LogP contribution in [0.25, 0.3) is 0 Å². The van der Waals surface area contributed by atoms with Gasteiger partial charge in [0.2, 0.25) is 0 Å². The molecule has 0 unspecified atom stereocenters. The van der Waals surface area contributed by atoms with Crippen molar-refractivity contribution >= 4 is 36.7 Å². The van der Waals surface area contributed by atoms with Gasteiger partial charge in [0.1, 0.15) is 0 Å². The van der Waals surface area contributed by atoms with E-state index in [1.54, 1.807) is 7.06 Å². The number of hydrogen-bond donors (Lipinski definition) is 0. The van der Waals surface area contributed by atoms with E-state index < -0.39 is 0 Å². The number of rotatable bonds is 1. The molecule has 17 valence electrons. The second-order valence-corrected chi connectivity index (χ2v) is 0.900. The van der Waals surface area contributed by atoms with Crippen molar-refractivity contribution in [2.75, 3.05) is 0 Å². The quantitative estimate of drug-likeness (QED) is 0.293. The fourth-order valence-corrected chi connectivity index (χ4v) is 0. The minimum atomic E-state index is -0.102. The third-order valence-corrected chi connectivity index (χ3v) is 0.303. The molecule has 0 aliphatic carbocycles. The van der Waals surface area contributed by atoms with E-state index >= 15 is 0 Å². The van der Waals surface area contributed by atoms with Crippen LogP contribution in [0.15, 0.2) is 0 Å². The Morgan fingerprint density at radius 3 is 2.00 bits per heavy atom. The Morgan fingerprint density at radius 2 is 2.00 bits per heavy atom. The molecule has 0 heterocycles. The van der Waals surface area contributed by atoms with Crippen LogP contribution in [0, 0.1) is 0 Å². The average molecular weight is 56.1 g/mol. The van der Waals surface area contributed by atoms with Gasteiger partial charge in [0.25, 0.3) is 0 Å². The molecular formula is H2B5. The Labute approximate surface area is 37.6 Å². The van der Waals surface area contributed by atoms with Gasteiger partial charge in [0.15, 0.2) is 0 Å². The highest BCUT2D eigenvalue weighted by molar-refractivity contribution is 7.60. The summed E-state index contributed by atoms with van der Waals surface area (Å²) in [6.07, 6.45) is -0.102. The van der Waals surface area contributed by atoms with Crippen molar-refractivity contribution in [1.29, 1.82) is 0 Å². The van der Waals surface area contributed by atoms with E-state index in [4.69, 9.17) is 7.74 Å². The van der Waals surface area contributed by atoms with Crippen molar-refractivity contribution in [2.24, 2.45) is 0 Å². The van der Waals surface area contributed by atoms with E-state index in [-0.39, 0.29) is 6.39 Å². The van der Waals surface area contributed by atoms with Gasteiger partial charge in [-0.3, -0.25) is 0 Å². The maximum atomic E-state index is 5.06.